The molecule has 0 aliphatic carbocycles. The van der Waals surface area contributed by atoms with Crippen LogP contribution < -0.4 is 15.8 Å². The number of urea groups is 1. The van der Waals surface area contributed by atoms with Gasteiger partial charge in [-0.15, -0.1) is 0 Å². The summed E-state index contributed by atoms with van der Waals surface area (Å²) in [4.78, 5) is 25.4. The number of nitrogens with zero attached hydrogens (tertiary/aromatic N) is 1. The zero-order chi connectivity index (χ0) is 17.5. The second-order valence-corrected chi connectivity index (χ2v) is 5.39. The molecular weight excluding hydrogens is 306 g/mol. The van der Waals surface area contributed by atoms with Crippen molar-refractivity contribution in [3.8, 4) is 5.75 Å². The van der Waals surface area contributed by atoms with Crippen LogP contribution in [0.2, 0.25) is 0 Å². The quantitative estimate of drug-likeness (QED) is 0.850. The number of hydrogen-bond acceptors (Lipinski definition) is 4. The average molecular weight is 327 g/mol. The number of rotatable bonds is 6. The SMILES string of the molecule is COc1ccccc1CN(C)[C@H](C(=O)NC(N)=O)c1ccccc1. The number of likely N-dealkylation sites (N-methyl/N-ethyl adjacent to an activating group) is 1. The molecule has 0 aromatic heterocycles. The maximum absolute atomic E-state index is 12.5. The van der Waals surface area contributed by atoms with Crippen LogP contribution in [0.3, 0.4) is 0 Å². The fourth-order valence-electron chi connectivity index (χ4n) is 2.62. The van der Waals surface area contributed by atoms with E-state index >= 15 is 0 Å². The number of carbonyl (C=O) groups is 2. The maximum atomic E-state index is 12.5. The van der Waals surface area contributed by atoms with Crippen molar-refractivity contribution in [2.24, 2.45) is 5.73 Å². The summed E-state index contributed by atoms with van der Waals surface area (Å²) < 4.78 is 5.36. The van der Waals surface area contributed by atoms with Gasteiger partial charge in [-0.3, -0.25) is 15.0 Å². The van der Waals surface area contributed by atoms with Crippen LogP contribution in [-0.4, -0.2) is 31.0 Å². The molecule has 0 saturated carbocycles. The number of ether oxygens (including phenoxy) is 1. The van der Waals surface area contributed by atoms with Crippen molar-refractivity contribution in [2.75, 3.05) is 14.2 Å². The Morgan fingerprint density at radius 3 is 2.38 bits per heavy atom. The van der Waals surface area contributed by atoms with Crippen LogP contribution in [0, 0.1) is 0 Å². The topological polar surface area (TPSA) is 84.7 Å². The average Bonchev–Trinajstić information content (AvgIpc) is 2.55. The standard InChI is InChI=1S/C18H21N3O3/c1-21(12-14-10-6-7-11-15(14)24-2)16(17(22)20-18(19)23)13-8-4-3-5-9-13/h3-11,16H,12H2,1-2H3,(H3,19,20,22,23)/t16-/m0/s1. The summed E-state index contributed by atoms with van der Waals surface area (Å²) in [5, 5.41) is 2.16. The lowest BCUT2D eigenvalue weighted by Crippen LogP contribution is -2.43. The molecule has 0 saturated heterocycles. The summed E-state index contributed by atoms with van der Waals surface area (Å²) in [6.07, 6.45) is 0. The highest BCUT2D eigenvalue weighted by molar-refractivity contribution is 5.96. The number of nitrogens with one attached hydrogen (secondary N) is 1. The largest absolute Gasteiger partial charge is 0.496 e. The van der Waals surface area contributed by atoms with Gasteiger partial charge in [0.2, 0.25) is 5.91 Å². The van der Waals surface area contributed by atoms with Crippen LogP contribution in [0.15, 0.2) is 54.6 Å². The van der Waals surface area contributed by atoms with Gasteiger partial charge in [0.05, 0.1) is 7.11 Å². The predicted octanol–water partition coefficient (Wildman–Crippen LogP) is 2.06. The van der Waals surface area contributed by atoms with Crippen molar-refractivity contribution in [2.45, 2.75) is 12.6 Å². The van der Waals surface area contributed by atoms with E-state index in [-0.39, 0.29) is 0 Å². The fraction of sp³-hybridized carbons (Fsp3) is 0.222. The fourth-order valence-corrected chi connectivity index (χ4v) is 2.62. The first-order valence-electron chi connectivity index (χ1n) is 7.50. The molecule has 0 radical (unpaired) electrons. The van der Waals surface area contributed by atoms with Crippen LogP contribution in [0.25, 0.3) is 0 Å². The minimum Gasteiger partial charge on any atom is -0.496 e. The Morgan fingerprint density at radius 2 is 1.75 bits per heavy atom. The number of carbonyl (C=O) groups excluding carboxylic acids is 2. The highest BCUT2D eigenvalue weighted by atomic mass is 16.5. The lowest BCUT2D eigenvalue weighted by atomic mass is 10.0. The lowest BCUT2D eigenvalue weighted by molar-refractivity contribution is -0.125. The summed E-state index contributed by atoms with van der Waals surface area (Å²) in [7, 11) is 3.41. The third kappa shape index (κ3) is 4.33. The molecule has 0 fully saturated rings. The zero-order valence-electron chi connectivity index (χ0n) is 13.7. The molecule has 6 nitrogen and oxygen atoms in total. The summed E-state index contributed by atoms with van der Waals surface area (Å²) in [6.45, 7) is 0.468. The minimum atomic E-state index is -0.869. The van der Waals surface area contributed by atoms with Crippen molar-refractivity contribution in [1.29, 1.82) is 0 Å². The number of hydrogen-bond donors (Lipinski definition) is 2. The predicted molar refractivity (Wildman–Crippen MR) is 91.4 cm³/mol. The van der Waals surface area contributed by atoms with Gasteiger partial charge in [0.1, 0.15) is 11.8 Å². The molecule has 2 aromatic rings. The molecule has 6 heteroatoms. The molecule has 0 unspecified atom stereocenters. The van der Waals surface area contributed by atoms with E-state index in [4.69, 9.17) is 10.5 Å². The molecule has 2 rings (SSSR count). The second kappa shape index (κ2) is 8.12. The van der Waals surface area contributed by atoms with E-state index in [1.165, 1.54) is 0 Å². The number of imide groups is 1. The van der Waals surface area contributed by atoms with E-state index < -0.39 is 18.0 Å². The van der Waals surface area contributed by atoms with Crippen LogP contribution in [-0.2, 0) is 11.3 Å². The van der Waals surface area contributed by atoms with Crippen LogP contribution in [0.5, 0.6) is 5.75 Å². The van der Waals surface area contributed by atoms with Gasteiger partial charge in [0, 0.05) is 12.1 Å². The molecule has 0 heterocycles. The highest BCUT2D eigenvalue weighted by Gasteiger charge is 2.26. The number of nitrogens with two attached hydrogens (primary N) is 1. The molecule has 0 aliphatic rings. The molecule has 1 atom stereocenters. The Bertz CT molecular complexity index is 704. The normalized spacial score (nSPS) is 11.8. The van der Waals surface area contributed by atoms with Gasteiger partial charge in [-0.05, 0) is 18.7 Å². The van der Waals surface area contributed by atoms with Crippen molar-refractivity contribution < 1.29 is 14.3 Å². The zero-order valence-corrected chi connectivity index (χ0v) is 13.7. The highest BCUT2D eigenvalue weighted by Crippen LogP contribution is 2.25. The number of methoxy groups -OCH3 is 1. The number of primary amides is 1. The van der Waals surface area contributed by atoms with Crippen molar-refractivity contribution in [3.05, 3.63) is 65.7 Å². The molecule has 0 spiro atoms. The smallest absolute Gasteiger partial charge is 0.318 e. The van der Waals surface area contributed by atoms with E-state index in [1.54, 1.807) is 7.11 Å². The van der Waals surface area contributed by atoms with E-state index in [2.05, 4.69) is 5.32 Å². The monoisotopic (exact) mass is 327 g/mol. The van der Waals surface area contributed by atoms with Crippen LogP contribution >= 0.6 is 0 Å². The Labute approximate surface area is 141 Å². The summed E-state index contributed by atoms with van der Waals surface area (Å²) in [6, 6.07) is 15.3. The first-order chi connectivity index (χ1) is 11.5. The van der Waals surface area contributed by atoms with Crippen molar-refractivity contribution in [3.63, 3.8) is 0 Å². The lowest BCUT2D eigenvalue weighted by Gasteiger charge is -2.27. The molecule has 3 N–H and O–H groups in total. The van der Waals surface area contributed by atoms with Crippen molar-refractivity contribution >= 4 is 11.9 Å². The Hall–Kier alpha value is -2.86. The molecule has 24 heavy (non-hydrogen) atoms. The van der Waals surface area contributed by atoms with E-state index in [9.17, 15) is 9.59 Å². The van der Waals surface area contributed by atoms with Gasteiger partial charge in [-0.25, -0.2) is 4.79 Å². The van der Waals surface area contributed by atoms with E-state index in [0.29, 0.717) is 6.54 Å². The van der Waals surface area contributed by atoms with Gasteiger partial charge < -0.3 is 10.5 Å². The minimum absolute atomic E-state index is 0.467. The van der Waals surface area contributed by atoms with Crippen LogP contribution in [0.1, 0.15) is 17.2 Å². The third-order valence-electron chi connectivity index (χ3n) is 3.66. The number of para-hydroxylation sites is 1. The number of amides is 3. The Balaban J connectivity index is 2.29. The van der Waals surface area contributed by atoms with Gasteiger partial charge >= 0.3 is 6.03 Å². The summed E-state index contributed by atoms with van der Waals surface area (Å²) in [5.41, 5.74) is 6.81. The third-order valence-corrected chi connectivity index (χ3v) is 3.66. The summed E-state index contributed by atoms with van der Waals surface area (Å²) >= 11 is 0. The van der Waals surface area contributed by atoms with E-state index in [1.807, 2.05) is 66.5 Å². The first-order valence-corrected chi connectivity index (χ1v) is 7.50. The second-order valence-electron chi connectivity index (χ2n) is 5.39. The maximum Gasteiger partial charge on any atom is 0.318 e. The molecular formula is C18H21N3O3. The number of benzene rings is 2. The summed E-state index contributed by atoms with van der Waals surface area (Å²) in [5.74, 6) is 0.276. The molecule has 3 amide bonds. The molecule has 0 aliphatic heterocycles. The Kier molecular flexibility index (Phi) is 5.92. The molecule has 2 aromatic carbocycles. The molecule has 126 valence electrons. The first kappa shape index (κ1) is 17.5. The van der Waals surface area contributed by atoms with Crippen LogP contribution in [0.4, 0.5) is 4.79 Å². The van der Waals surface area contributed by atoms with Gasteiger partial charge in [0.15, 0.2) is 0 Å². The Morgan fingerprint density at radius 1 is 1.12 bits per heavy atom. The van der Waals surface area contributed by atoms with Crippen molar-refractivity contribution in [1.82, 2.24) is 10.2 Å². The van der Waals surface area contributed by atoms with Gasteiger partial charge in [0.25, 0.3) is 0 Å². The van der Waals surface area contributed by atoms with Gasteiger partial charge in [-0.1, -0.05) is 48.5 Å². The molecule has 0 bridgehead atoms. The van der Waals surface area contributed by atoms with E-state index in [0.717, 1.165) is 16.9 Å². The van der Waals surface area contributed by atoms with Gasteiger partial charge in [-0.2, -0.15) is 0 Å².